The number of anilines is 1. The molecule has 116 valence electrons. The van der Waals surface area contributed by atoms with Crippen LogP contribution in [0, 0.1) is 5.41 Å². The molecule has 4 N–H and O–H groups in total. The Bertz CT molecular complexity index is 509. The van der Waals surface area contributed by atoms with Crippen molar-refractivity contribution in [3.8, 4) is 0 Å². The molecule has 0 saturated carbocycles. The van der Waals surface area contributed by atoms with Crippen LogP contribution in [0.3, 0.4) is 0 Å². The zero-order chi connectivity index (χ0) is 16.0. The third-order valence-electron chi connectivity index (χ3n) is 3.29. The molecule has 0 unspecified atom stereocenters. The number of hydrogen-bond donors (Lipinski definition) is 3. The Morgan fingerprint density at radius 1 is 1.29 bits per heavy atom. The van der Waals surface area contributed by atoms with E-state index in [-0.39, 0.29) is 17.7 Å². The summed E-state index contributed by atoms with van der Waals surface area (Å²) in [6, 6.07) is 5.06. The Morgan fingerprint density at radius 3 is 2.52 bits per heavy atom. The first-order chi connectivity index (χ1) is 9.69. The molecular formula is C15H21BrN2O3. The average molecular weight is 357 g/mol. The number of carboxylic acids is 1. The average Bonchev–Trinajstić information content (AvgIpc) is 2.35. The minimum Gasteiger partial charge on any atom is -0.481 e. The molecule has 0 aliphatic heterocycles. The molecule has 1 rings (SSSR count). The SMILES string of the molecule is CC(C)(CCNC(=O)c1cc(N)cc(Br)c1)CCC(=O)O. The lowest BCUT2D eigenvalue weighted by Crippen LogP contribution is -2.28. The van der Waals surface area contributed by atoms with Gasteiger partial charge in [0.05, 0.1) is 0 Å². The fourth-order valence-corrected chi connectivity index (χ4v) is 2.44. The third-order valence-corrected chi connectivity index (χ3v) is 3.74. The van der Waals surface area contributed by atoms with E-state index >= 15 is 0 Å². The van der Waals surface area contributed by atoms with Crippen molar-refractivity contribution in [2.45, 2.75) is 33.1 Å². The van der Waals surface area contributed by atoms with Crippen LogP contribution in [-0.4, -0.2) is 23.5 Å². The summed E-state index contributed by atoms with van der Waals surface area (Å²) in [6.07, 6.45) is 1.45. The van der Waals surface area contributed by atoms with E-state index in [9.17, 15) is 9.59 Å². The molecule has 0 radical (unpaired) electrons. The highest BCUT2D eigenvalue weighted by Gasteiger charge is 2.19. The fourth-order valence-electron chi connectivity index (χ4n) is 1.93. The van der Waals surface area contributed by atoms with E-state index < -0.39 is 5.97 Å². The highest BCUT2D eigenvalue weighted by Crippen LogP contribution is 2.26. The van der Waals surface area contributed by atoms with Gasteiger partial charge in [-0.25, -0.2) is 0 Å². The second kappa shape index (κ2) is 7.45. The van der Waals surface area contributed by atoms with Crippen molar-refractivity contribution >= 4 is 33.5 Å². The van der Waals surface area contributed by atoms with E-state index in [1.165, 1.54) is 0 Å². The minimum absolute atomic E-state index is 0.123. The number of halogens is 1. The van der Waals surface area contributed by atoms with Crippen molar-refractivity contribution < 1.29 is 14.7 Å². The van der Waals surface area contributed by atoms with Gasteiger partial charge < -0.3 is 16.2 Å². The number of hydrogen-bond acceptors (Lipinski definition) is 3. The first-order valence-corrected chi connectivity index (χ1v) is 7.55. The van der Waals surface area contributed by atoms with Gasteiger partial charge in [0.15, 0.2) is 0 Å². The number of nitrogens with one attached hydrogen (secondary N) is 1. The van der Waals surface area contributed by atoms with Crippen LogP contribution in [0.15, 0.2) is 22.7 Å². The largest absolute Gasteiger partial charge is 0.481 e. The van der Waals surface area contributed by atoms with Crippen LogP contribution in [0.5, 0.6) is 0 Å². The summed E-state index contributed by atoms with van der Waals surface area (Å²) in [4.78, 5) is 22.6. The van der Waals surface area contributed by atoms with Crippen LogP contribution >= 0.6 is 15.9 Å². The normalized spacial score (nSPS) is 11.2. The number of amides is 1. The van der Waals surface area contributed by atoms with Crippen LogP contribution < -0.4 is 11.1 Å². The molecule has 0 aromatic heterocycles. The quantitative estimate of drug-likeness (QED) is 0.654. The summed E-state index contributed by atoms with van der Waals surface area (Å²) in [7, 11) is 0. The molecule has 1 aromatic carbocycles. The Morgan fingerprint density at radius 2 is 1.95 bits per heavy atom. The maximum absolute atomic E-state index is 12.0. The van der Waals surface area contributed by atoms with Crippen molar-refractivity contribution in [2.75, 3.05) is 12.3 Å². The van der Waals surface area contributed by atoms with Crippen molar-refractivity contribution in [3.63, 3.8) is 0 Å². The zero-order valence-corrected chi connectivity index (χ0v) is 13.9. The molecule has 0 atom stereocenters. The third kappa shape index (κ3) is 6.62. The number of rotatable bonds is 7. The number of carbonyl (C=O) groups is 2. The molecule has 1 aromatic rings. The summed E-state index contributed by atoms with van der Waals surface area (Å²) in [5.41, 5.74) is 6.60. The van der Waals surface area contributed by atoms with Gasteiger partial charge in [-0.3, -0.25) is 9.59 Å². The summed E-state index contributed by atoms with van der Waals surface area (Å²) in [5, 5.41) is 11.5. The van der Waals surface area contributed by atoms with Crippen LogP contribution in [0.25, 0.3) is 0 Å². The van der Waals surface area contributed by atoms with Crippen LogP contribution in [0.1, 0.15) is 43.5 Å². The number of aliphatic carboxylic acids is 1. The molecule has 0 fully saturated rings. The molecule has 0 spiro atoms. The molecule has 0 heterocycles. The molecule has 1 amide bonds. The topological polar surface area (TPSA) is 92.4 Å². The number of benzene rings is 1. The summed E-state index contributed by atoms with van der Waals surface area (Å²) < 4.78 is 0.759. The molecule has 0 aliphatic carbocycles. The number of nitrogen functional groups attached to an aromatic ring is 1. The monoisotopic (exact) mass is 356 g/mol. The van der Waals surface area contributed by atoms with Gasteiger partial charge in [-0.05, 0) is 36.5 Å². The van der Waals surface area contributed by atoms with E-state index in [2.05, 4.69) is 21.2 Å². The zero-order valence-electron chi connectivity index (χ0n) is 12.3. The molecule has 6 heteroatoms. The molecule has 0 saturated heterocycles. The van der Waals surface area contributed by atoms with E-state index in [1.54, 1.807) is 18.2 Å². The molecular weight excluding hydrogens is 336 g/mol. The van der Waals surface area contributed by atoms with Gasteiger partial charge in [-0.15, -0.1) is 0 Å². The molecule has 0 aliphatic rings. The lowest BCUT2D eigenvalue weighted by atomic mass is 9.84. The van der Waals surface area contributed by atoms with E-state index in [1.807, 2.05) is 13.8 Å². The van der Waals surface area contributed by atoms with E-state index in [0.717, 1.165) is 10.9 Å². The maximum Gasteiger partial charge on any atom is 0.303 e. The standard InChI is InChI=1S/C15H21BrN2O3/c1-15(2,4-3-13(19)20)5-6-18-14(21)10-7-11(16)9-12(17)8-10/h7-9H,3-6,17H2,1-2H3,(H,18,21)(H,19,20). The van der Waals surface area contributed by atoms with Gasteiger partial charge in [0.25, 0.3) is 5.91 Å². The Hall–Kier alpha value is -1.56. The van der Waals surface area contributed by atoms with Gasteiger partial charge in [0.1, 0.15) is 0 Å². The van der Waals surface area contributed by atoms with Crippen molar-refractivity contribution in [2.24, 2.45) is 5.41 Å². The van der Waals surface area contributed by atoms with Gasteiger partial charge in [-0.2, -0.15) is 0 Å². The van der Waals surface area contributed by atoms with Crippen LogP contribution in [0.2, 0.25) is 0 Å². The molecule has 5 nitrogen and oxygen atoms in total. The summed E-state index contributed by atoms with van der Waals surface area (Å²) >= 11 is 3.30. The second-order valence-corrected chi connectivity index (χ2v) is 6.75. The maximum atomic E-state index is 12.0. The van der Waals surface area contributed by atoms with Crippen LogP contribution in [-0.2, 0) is 4.79 Å². The Balaban J connectivity index is 2.47. The molecule has 21 heavy (non-hydrogen) atoms. The number of nitrogens with two attached hydrogens (primary N) is 1. The Labute approximate surface area is 133 Å². The smallest absolute Gasteiger partial charge is 0.303 e. The lowest BCUT2D eigenvalue weighted by molar-refractivity contribution is -0.137. The van der Waals surface area contributed by atoms with Gasteiger partial charge in [0, 0.05) is 28.7 Å². The highest BCUT2D eigenvalue weighted by molar-refractivity contribution is 9.10. The predicted molar refractivity (Wildman–Crippen MR) is 86.2 cm³/mol. The van der Waals surface area contributed by atoms with Crippen LogP contribution in [0.4, 0.5) is 5.69 Å². The summed E-state index contributed by atoms with van der Waals surface area (Å²) in [6.45, 7) is 4.50. The van der Waals surface area contributed by atoms with Gasteiger partial charge in [-0.1, -0.05) is 29.8 Å². The number of carbonyl (C=O) groups excluding carboxylic acids is 1. The predicted octanol–water partition coefficient (Wildman–Crippen LogP) is 3.04. The van der Waals surface area contributed by atoms with E-state index in [4.69, 9.17) is 10.8 Å². The van der Waals surface area contributed by atoms with Crippen molar-refractivity contribution in [3.05, 3.63) is 28.2 Å². The van der Waals surface area contributed by atoms with Crippen molar-refractivity contribution in [1.82, 2.24) is 5.32 Å². The second-order valence-electron chi connectivity index (χ2n) is 5.84. The van der Waals surface area contributed by atoms with Gasteiger partial charge >= 0.3 is 5.97 Å². The Kier molecular flexibility index (Phi) is 6.20. The number of carboxylic acid groups (broad SMARTS) is 1. The molecule has 0 bridgehead atoms. The van der Waals surface area contributed by atoms with E-state index in [0.29, 0.717) is 24.2 Å². The van der Waals surface area contributed by atoms with Gasteiger partial charge in [0.2, 0.25) is 0 Å². The first-order valence-electron chi connectivity index (χ1n) is 6.76. The first kappa shape index (κ1) is 17.5. The fraction of sp³-hybridized carbons (Fsp3) is 0.467. The lowest BCUT2D eigenvalue weighted by Gasteiger charge is -2.23. The van der Waals surface area contributed by atoms with Crippen molar-refractivity contribution in [1.29, 1.82) is 0 Å². The highest BCUT2D eigenvalue weighted by atomic mass is 79.9. The summed E-state index contributed by atoms with van der Waals surface area (Å²) in [5.74, 6) is -0.978. The minimum atomic E-state index is -0.795.